The topological polar surface area (TPSA) is 46.5 Å². The van der Waals surface area contributed by atoms with Gasteiger partial charge >= 0.3 is 5.97 Å². The first-order valence-corrected chi connectivity index (χ1v) is 5.26. The minimum Gasteiger partial charge on any atom is -0.486 e. The number of hydrogen-bond acceptors (Lipinski definition) is 2. The molecule has 0 saturated heterocycles. The lowest BCUT2D eigenvalue weighted by molar-refractivity contribution is -0.131. The van der Waals surface area contributed by atoms with Crippen LogP contribution in [0.1, 0.15) is 6.92 Å². The number of benzene rings is 1. The van der Waals surface area contributed by atoms with Crippen LogP contribution in [-0.2, 0) is 4.79 Å². The predicted octanol–water partition coefficient (Wildman–Crippen LogP) is 3.00. The monoisotopic (exact) mass is 288 g/mol. The van der Waals surface area contributed by atoms with Gasteiger partial charge in [-0.3, -0.25) is 0 Å². The third kappa shape index (κ3) is 4.02. The standard InChI is InChI=1S/C11H10BrFO3/c1-7(4-11(14)15)6-16-10-3-2-8(12)5-9(10)13/h2-5H,6H2,1H3,(H,14,15). The molecule has 0 heterocycles. The van der Waals surface area contributed by atoms with Gasteiger partial charge < -0.3 is 9.84 Å². The summed E-state index contributed by atoms with van der Waals surface area (Å²) >= 11 is 3.12. The summed E-state index contributed by atoms with van der Waals surface area (Å²) in [4.78, 5) is 10.3. The molecule has 1 aromatic rings. The van der Waals surface area contributed by atoms with E-state index in [2.05, 4.69) is 15.9 Å². The summed E-state index contributed by atoms with van der Waals surface area (Å²) in [6.07, 6.45) is 1.02. The molecule has 5 heteroatoms. The Labute approximate surface area is 101 Å². The second-order valence-corrected chi connectivity index (χ2v) is 4.11. The van der Waals surface area contributed by atoms with Crippen molar-refractivity contribution in [1.29, 1.82) is 0 Å². The maximum absolute atomic E-state index is 13.3. The minimum absolute atomic E-state index is 0.0465. The second-order valence-electron chi connectivity index (χ2n) is 3.19. The molecule has 0 unspecified atom stereocenters. The fourth-order valence-corrected chi connectivity index (χ4v) is 1.37. The van der Waals surface area contributed by atoms with Crippen LogP contribution in [0.4, 0.5) is 4.39 Å². The van der Waals surface area contributed by atoms with Crippen molar-refractivity contribution in [3.63, 3.8) is 0 Å². The van der Waals surface area contributed by atoms with Crippen molar-refractivity contribution < 1.29 is 19.0 Å². The molecule has 0 bridgehead atoms. The Morgan fingerprint density at radius 1 is 1.62 bits per heavy atom. The molecule has 0 aromatic heterocycles. The minimum atomic E-state index is -1.04. The molecule has 0 atom stereocenters. The highest BCUT2D eigenvalue weighted by Crippen LogP contribution is 2.21. The van der Waals surface area contributed by atoms with E-state index in [9.17, 15) is 9.18 Å². The van der Waals surface area contributed by atoms with Crippen LogP contribution in [0.2, 0.25) is 0 Å². The smallest absolute Gasteiger partial charge is 0.328 e. The number of hydrogen-bond donors (Lipinski definition) is 1. The molecule has 0 aliphatic heterocycles. The third-order valence-electron chi connectivity index (χ3n) is 1.72. The van der Waals surface area contributed by atoms with Crippen molar-refractivity contribution in [3.05, 3.63) is 40.1 Å². The Morgan fingerprint density at radius 3 is 2.88 bits per heavy atom. The Morgan fingerprint density at radius 2 is 2.31 bits per heavy atom. The van der Waals surface area contributed by atoms with Gasteiger partial charge in [-0.15, -0.1) is 0 Å². The Hall–Kier alpha value is -1.36. The highest BCUT2D eigenvalue weighted by atomic mass is 79.9. The molecule has 1 rings (SSSR count). The van der Waals surface area contributed by atoms with Crippen molar-refractivity contribution in [2.45, 2.75) is 6.92 Å². The highest BCUT2D eigenvalue weighted by molar-refractivity contribution is 9.10. The molecule has 3 nitrogen and oxygen atoms in total. The zero-order chi connectivity index (χ0) is 12.1. The van der Waals surface area contributed by atoms with Gasteiger partial charge in [0.2, 0.25) is 0 Å². The van der Waals surface area contributed by atoms with Gasteiger partial charge in [-0.1, -0.05) is 15.9 Å². The van der Waals surface area contributed by atoms with E-state index in [1.807, 2.05) is 0 Å². The van der Waals surface area contributed by atoms with Crippen molar-refractivity contribution in [2.75, 3.05) is 6.61 Å². The summed E-state index contributed by atoms with van der Waals surface area (Å²) in [5.41, 5.74) is 0.509. The van der Waals surface area contributed by atoms with E-state index in [1.54, 1.807) is 13.0 Å². The van der Waals surface area contributed by atoms with Gasteiger partial charge in [0, 0.05) is 10.5 Å². The third-order valence-corrected chi connectivity index (χ3v) is 2.21. The average molecular weight is 289 g/mol. The van der Waals surface area contributed by atoms with Crippen LogP contribution < -0.4 is 4.74 Å². The molecule has 0 spiro atoms. The van der Waals surface area contributed by atoms with Gasteiger partial charge in [0.15, 0.2) is 11.6 Å². The number of rotatable bonds is 4. The number of halogens is 2. The first-order valence-electron chi connectivity index (χ1n) is 4.47. The largest absolute Gasteiger partial charge is 0.486 e. The summed E-state index contributed by atoms with van der Waals surface area (Å²) in [5.74, 6) is -1.43. The maximum Gasteiger partial charge on any atom is 0.328 e. The van der Waals surface area contributed by atoms with Crippen molar-refractivity contribution >= 4 is 21.9 Å². The van der Waals surface area contributed by atoms with E-state index in [0.29, 0.717) is 10.0 Å². The molecule has 0 aliphatic rings. The number of carboxylic acid groups (broad SMARTS) is 1. The average Bonchev–Trinajstić information content (AvgIpc) is 2.15. The molecule has 0 fully saturated rings. The molecule has 0 amide bonds. The summed E-state index contributed by atoms with van der Waals surface area (Å²) in [5, 5.41) is 8.46. The van der Waals surface area contributed by atoms with Crippen LogP contribution in [0.3, 0.4) is 0 Å². The molecule has 0 saturated carbocycles. The zero-order valence-electron chi connectivity index (χ0n) is 8.54. The van der Waals surface area contributed by atoms with Crippen LogP contribution in [0, 0.1) is 5.82 Å². The van der Waals surface area contributed by atoms with Crippen LogP contribution in [-0.4, -0.2) is 17.7 Å². The van der Waals surface area contributed by atoms with Gasteiger partial charge in [0.25, 0.3) is 0 Å². The molecule has 86 valence electrons. The predicted molar refractivity (Wildman–Crippen MR) is 61.0 cm³/mol. The zero-order valence-corrected chi connectivity index (χ0v) is 10.1. The number of carboxylic acids is 1. The molecule has 16 heavy (non-hydrogen) atoms. The molecule has 0 aliphatic carbocycles. The normalized spacial score (nSPS) is 11.3. The van der Waals surface area contributed by atoms with Gasteiger partial charge in [-0.25, -0.2) is 9.18 Å². The van der Waals surface area contributed by atoms with E-state index in [0.717, 1.165) is 6.08 Å². The van der Waals surface area contributed by atoms with Crippen molar-refractivity contribution in [3.8, 4) is 5.75 Å². The maximum atomic E-state index is 13.3. The lowest BCUT2D eigenvalue weighted by atomic mass is 10.3. The van der Waals surface area contributed by atoms with Crippen LogP contribution in [0.5, 0.6) is 5.75 Å². The van der Waals surface area contributed by atoms with Crippen LogP contribution >= 0.6 is 15.9 Å². The van der Waals surface area contributed by atoms with E-state index in [1.165, 1.54) is 12.1 Å². The molecule has 0 radical (unpaired) electrons. The SMILES string of the molecule is CC(=CC(=O)O)COc1ccc(Br)cc1F. The Bertz CT molecular complexity index is 429. The second kappa shape index (κ2) is 5.65. The van der Waals surface area contributed by atoms with Gasteiger partial charge in [0.1, 0.15) is 6.61 Å². The fraction of sp³-hybridized carbons (Fsp3) is 0.182. The first kappa shape index (κ1) is 12.7. The van der Waals surface area contributed by atoms with Gasteiger partial charge in [-0.05, 0) is 30.7 Å². The molecule has 1 aromatic carbocycles. The summed E-state index contributed by atoms with van der Waals surface area (Å²) in [6, 6.07) is 4.41. The van der Waals surface area contributed by atoms with E-state index in [-0.39, 0.29) is 12.4 Å². The molecule has 1 N–H and O–H groups in total. The van der Waals surface area contributed by atoms with Crippen molar-refractivity contribution in [1.82, 2.24) is 0 Å². The summed E-state index contributed by atoms with van der Waals surface area (Å²) in [7, 11) is 0. The summed E-state index contributed by atoms with van der Waals surface area (Å²) in [6.45, 7) is 1.65. The number of carbonyl (C=O) groups is 1. The first-order chi connectivity index (χ1) is 7.49. The van der Waals surface area contributed by atoms with E-state index in [4.69, 9.17) is 9.84 Å². The van der Waals surface area contributed by atoms with Crippen molar-refractivity contribution in [2.24, 2.45) is 0 Å². The Balaban J connectivity index is 2.65. The quantitative estimate of drug-likeness (QED) is 0.867. The van der Waals surface area contributed by atoms with Gasteiger partial charge in [0.05, 0.1) is 0 Å². The fourth-order valence-electron chi connectivity index (χ4n) is 1.04. The highest BCUT2D eigenvalue weighted by Gasteiger charge is 2.04. The van der Waals surface area contributed by atoms with E-state index < -0.39 is 11.8 Å². The van der Waals surface area contributed by atoms with Crippen LogP contribution in [0.25, 0.3) is 0 Å². The summed E-state index contributed by atoms with van der Waals surface area (Å²) < 4.78 is 19.0. The van der Waals surface area contributed by atoms with Gasteiger partial charge in [-0.2, -0.15) is 0 Å². The molecular formula is C11H10BrFO3. The van der Waals surface area contributed by atoms with Crippen LogP contribution in [0.15, 0.2) is 34.3 Å². The van der Waals surface area contributed by atoms with E-state index >= 15 is 0 Å². The number of aliphatic carboxylic acids is 1. The number of ether oxygens (including phenoxy) is 1. The lowest BCUT2D eigenvalue weighted by Crippen LogP contribution is -2.02. The molecular weight excluding hydrogens is 279 g/mol. The Kier molecular flexibility index (Phi) is 4.49. The lowest BCUT2D eigenvalue weighted by Gasteiger charge is -2.07.